The molecular formula is H5NaO8PbS2. The van der Waals surface area contributed by atoms with E-state index in [9.17, 15) is 16.8 Å². The van der Waals surface area contributed by atoms with Crippen molar-refractivity contribution in [3.05, 3.63) is 0 Å². The van der Waals surface area contributed by atoms with Crippen LogP contribution in [0.25, 0.3) is 0 Å². The summed E-state index contributed by atoms with van der Waals surface area (Å²) in [5.41, 5.74) is 0. The van der Waals surface area contributed by atoms with Crippen LogP contribution in [0.2, 0.25) is 0 Å². The van der Waals surface area contributed by atoms with E-state index in [1.54, 1.807) is 0 Å². The van der Waals surface area contributed by atoms with Gasteiger partial charge in [0.05, 0.1) is 0 Å². The molecule has 0 saturated carbocycles. The van der Waals surface area contributed by atoms with Gasteiger partial charge in [0, 0.05) is 0 Å². The summed E-state index contributed by atoms with van der Waals surface area (Å²) in [6.45, 7) is 0. The molecule has 0 aliphatic carbocycles. The molecule has 12 heteroatoms. The summed E-state index contributed by atoms with van der Waals surface area (Å²) in [5, 5.41) is 0. The Kier molecular flexibility index (Phi) is 11.3. The molecule has 70 valence electrons. The van der Waals surface area contributed by atoms with Gasteiger partial charge in [-0.25, -0.2) is 0 Å². The van der Waals surface area contributed by atoms with Crippen molar-refractivity contribution < 1.29 is 65.6 Å². The zero-order chi connectivity index (χ0) is 8.41. The first-order chi connectivity index (χ1) is 4.21. The molecule has 0 heterocycles. The number of hydrogen-bond donors (Lipinski definition) is 2. The maximum atomic E-state index is 9.51. The van der Waals surface area contributed by atoms with E-state index in [0.717, 1.165) is 0 Å². The van der Waals surface area contributed by atoms with E-state index in [0.29, 0.717) is 0 Å². The van der Waals surface area contributed by atoms with E-state index >= 15 is 0 Å². The molecule has 8 nitrogen and oxygen atoms in total. The minimum atomic E-state index is -5.02. The monoisotopic (exact) mass is 428 g/mol. The molecule has 0 aromatic carbocycles. The Morgan fingerprint density at radius 3 is 1.17 bits per heavy atom. The van der Waals surface area contributed by atoms with Gasteiger partial charge in [-0.15, -0.1) is 0 Å². The Morgan fingerprint density at radius 2 is 1.08 bits per heavy atom. The van der Waals surface area contributed by atoms with Gasteiger partial charge in [-0.05, 0) is 0 Å². The molecule has 0 rings (SSSR count). The van der Waals surface area contributed by atoms with Crippen LogP contribution in [-0.2, 0) is 29.5 Å². The first-order valence-corrected chi connectivity index (χ1v) is 4.26. The fourth-order valence-corrected chi connectivity index (χ4v) is 0.632. The second-order valence-electron chi connectivity index (χ2n) is 0.992. The zero-order valence-corrected chi connectivity index (χ0v) is 15.0. The minimum absolute atomic E-state index is 0. The average molecular weight is 427 g/mol. The molecule has 0 atom stereocenters. The Balaban J connectivity index is -0.000000135. The molecule has 0 unspecified atom stereocenters. The van der Waals surface area contributed by atoms with Gasteiger partial charge in [0.25, 0.3) is 0 Å². The van der Waals surface area contributed by atoms with Gasteiger partial charge >= 0.3 is 77.7 Å². The van der Waals surface area contributed by atoms with Crippen LogP contribution in [-0.4, -0.2) is 53.2 Å². The standard InChI is InChI=1S/Na.H2O8S2.Pb.3H/c;1-9(2,3)7-8-10(4,5)6;;;;/h;(H,1,2,3)(H,4,5,6);;;;/q+1;;;;;-1. The molecule has 0 spiro atoms. The topological polar surface area (TPSA) is 127 Å². The van der Waals surface area contributed by atoms with Crippen LogP contribution in [0.1, 0.15) is 1.43 Å². The SMILES string of the molecule is O=S(=O)(O)OOS(=O)(=O)O.[H-].[Na+].[PbH2]. The fourth-order valence-electron chi connectivity index (χ4n) is 0.0702. The summed E-state index contributed by atoms with van der Waals surface area (Å²) in [6, 6.07) is 0. The van der Waals surface area contributed by atoms with Crippen molar-refractivity contribution >= 4 is 48.1 Å². The second-order valence-corrected chi connectivity index (χ2v) is 2.97. The first kappa shape index (κ1) is 19.3. The van der Waals surface area contributed by atoms with Gasteiger partial charge in [0.2, 0.25) is 0 Å². The summed E-state index contributed by atoms with van der Waals surface area (Å²) in [5.74, 6) is 0. The molecular weight excluding hydrogens is 422 g/mol. The summed E-state index contributed by atoms with van der Waals surface area (Å²) < 4.78 is 58.9. The van der Waals surface area contributed by atoms with Crippen molar-refractivity contribution in [1.82, 2.24) is 0 Å². The van der Waals surface area contributed by atoms with Crippen molar-refractivity contribution in [1.29, 1.82) is 0 Å². The van der Waals surface area contributed by atoms with E-state index in [-0.39, 0.29) is 58.3 Å². The van der Waals surface area contributed by atoms with Gasteiger partial charge in [0.15, 0.2) is 0 Å². The molecule has 2 radical (unpaired) electrons. The summed E-state index contributed by atoms with van der Waals surface area (Å²) in [4.78, 5) is 0. The summed E-state index contributed by atoms with van der Waals surface area (Å²) >= 11 is 0. The first-order valence-electron chi connectivity index (χ1n) is 1.53. The maximum absolute atomic E-state index is 9.51. The normalized spacial score (nSPS) is 11.2. The third-order valence-corrected chi connectivity index (χ3v) is 0.766. The molecule has 0 bridgehead atoms. The van der Waals surface area contributed by atoms with Crippen LogP contribution in [0.4, 0.5) is 0 Å². The molecule has 0 aliphatic heterocycles. The summed E-state index contributed by atoms with van der Waals surface area (Å²) in [7, 11) is -10.0. The van der Waals surface area contributed by atoms with Crippen molar-refractivity contribution in [2.24, 2.45) is 0 Å². The predicted molar refractivity (Wildman–Crippen MR) is 34.9 cm³/mol. The quantitative estimate of drug-likeness (QED) is 0.198. The van der Waals surface area contributed by atoms with E-state index in [1.807, 2.05) is 0 Å². The van der Waals surface area contributed by atoms with Crippen LogP contribution in [0.5, 0.6) is 0 Å². The molecule has 0 fully saturated rings. The Labute approximate surface area is 112 Å². The van der Waals surface area contributed by atoms with Gasteiger partial charge in [0.1, 0.15) is 0 Å². The molecule has 0 aliphatic rings. The second kappa shape index (κ2) is 7.02. The van der Waals surface area contributed by atoms with Crippen LogP contribution in [0.15, 0.2) is 0 Å². The van der Waals surface area contributed by atoms with Crippen LogP contribution < -0.4 is 29.6 Å². The molecule has 0 aromatic rings. The van der Waals surface area contributed by atoms with Gasteiger partial charge < -0.3 is 1.43 Å². The fraction of sp³-hybridized carbons (Fsp3) is 0. The molecule has 0 amide bonds. The molecule has 2 N–H and O–H groups in total. The number of rotatable bonds is 3. The van der Waals surface area contributed by atoms with Crippen LogP contribution >= 0.6 is 0 Å². The van der Waals surface area contributed by atoms with E-state index < -0.39 is 20.8 Å². The zero-order valence-electron chi connectivity index (χ0n) is 6.87. The Bertz CT molecular complexity index is 258. The average Bonchev–Trinajstić information content (AvgIpc) is 1.57. The molecule has 0 saturated heterocycles. The van der Waals surface area contributed by atoms with E-state index in [1.165, 1.54) is 0 Å². The van der Waals surface area contributed by atoms with Gasteiger partial charge in [-0.1, -0.05) is 8.67 Å². The summed E-state index contributed by atoms with van der Waals surface area (Å²) in [6.07, 6.45) is 0. The molecule has 12 heavy (non-hydrogen) atoms. The third kappa shape index (κ3) is 17.7. The van der Waals surface area contributed by atoms with Crippen molar-refractivity contribution in [2.75, 3.05) is 0 Å². The van der Waals surface area contributed by atoms with Crippen molar-refractivity contribution in [3.8, 4) is 0 Å². The molecule has 0 aromatic heterocycles. The Hall–Kier alpha value is 1.66. The predicted octanol–water partition coefficient (Wildman–Crippen LogP) is -5.26. The van der Waals surface area contributed by atoms with Crippen LogP contribution in [0, 0.1) is 0 Å². The van der Waals surface area contributed by atoms with Crippen LogP contribution in [0.3, 0.4) is 0 Å². The van der Waals surface area contributed by atoms with E-state index in [4.69, 9.17) is 9.11 Å². The van der Waals surface area contributed by atoms with Gasteiger partial charge in [-0.2, -0.15) is 16.8 Å². The third-order valence-electron chi connectivity index (χ3n) is 0.200. The number of hydrogen-bond acceptors (Lipinski definition) is 6. The van der Waals surface area contributed by atoms with Crippen molar-refractivity contribution in [3.63, 3.8) is 0 Å². The van der Waals surface area contributed by atoms with E-state index in [2.05, 4.69) is 8.67 Å². The Morgan fingerprint density at radius 1 is 0.917 bits per heavy atom. The van der Waals surface area contributed by atoms with Crippen molar-refractivity contribution in [2.45, 2.75) is 0 Å². The van der Waals surface area contributed by atoms with Gasteiger partial charge in [-0.3, -0.25) is 9.11 Å².